The molecule has 0 fully saturated rings. The Labute approximate surface area is 128 Å². The summed E-state index contributed by atoms with van der Waals surface area (Å²) >= 11 is 0. The van der Waals surface area contributed by atoms with Crippen molar-refractivity contribution in [2.75, 3.05) is 6.54 Å². The second-order valence-electron chi connectivity index (χ2n) is 2.09. The number of quaternary nitrogens is 1. The van der Waals surface area contributed by atoms with Crippen molar-refractivity contribution in [1.29, 1.82) is 0 Å². The molecule has 0 saturated heterocycles. The molecule has 13 heavy (non-hydrogen) atoms. The van der Waals surface area contributed by atoms with Crippen LogP contribution in [0.15, 0.2) is 30.3 Å². The van der Waals surface area contributed by atoms with Crippen molar-refractivity contribution in [3.8, 4) is 0 Å². The zero-order valence-electron chi connectivity index (χ0n) is 7.02. The van der Waals surface area contributed by atoms with Crippen LogP contribution in [0.3, 0.4) is 0 Å². The summed E-state index contributed by atoms with van der Waals surface area (Å²) in [4.78, 5) is 0. The zero-order chi connectivity index (χ0) is 6.53. The van der Waals surface area contributed by atoms with Crippen LogP contribution in [0.2, 0.25) is 0 Å². The summed E-state index contributed by atoms with van der Waals surface area (Å²) in [6, 6.07) is 10.4. The first-order valence-electron chi connectivity index (χ1n) is 3.26. The smallest absolute Gasteiger partial charge is 0.0780 e. The van der Waals surface area contributed by atoms with Crippen molar-refractivity contribution in [2.45, 2.75) is 6.42 Å². The standard InChI is InChI=1S/C8H11N.3BrH.HI/c9-7-6-8-4-2-1-3-5-8;;;;/h1-5H,6-7,9H2;4*1H/p-3. The molecule has 1 nitrogen and oxygen atoms in total. The van der Waals surface area contributed by atoms with Gasteiger partial charge in [0.25, 0.3) is 0 Å². The Morgan fingerprint density at radius 2 is 1.38 bits per heavy atom. The number of hydrogen-bond acceptors (Lipinski definition) is 0. The van der Waals surface area contributed by atoms with Crippen LogP contribution in [0.25, 0.3) is 0 Å². The highest BCUT2D eigenvalue weighted by Gasteiger charge is 1.86. The van der Waals surface area contributed by atoms with Gasteiger partial charge >= 0.3 is 0 Å². The van der Waals surface area contributed by atoms with Crippen LogP contribution in [0.4, 0.5) is 0 Å². The summed E-state index contributed by atoms with van der Waals surface area (Å²) in [5, 5.41) is 0. The molecule has 0 amide bonds. The third-order valence-electron chi connectivity index (χ3n) is 1.31. The molecule has 0 heterocycles. The predicted molar refractivity (Wildman–Crippen MR) is 37.9 cm³/mol. The Morgan fingerprint density at radius 1 is 0.923 bits per heavy atom. The molecule has 0 saturated carbocycles. The van der Waals surface area contributed by atoms with Crippen molar-refractivity contribution in [1.82, 2.24) is 0 Å². The van der Waals surface area contributed by atoms with E-state index in [9.17, 15) is 0 Å². The molecule has 0 unspecified atom stereocenters. The molecule has 0 bridgehead atoms. The van der Waals surface area contributed by atoms with E-state index in [4.69, 9.17) is 0 Å². The predicted octanol–water partition coefficient (Wildman–Crippen LogP) is -11.5. The molecule has 80 valence electrons. The highest BCUT2D eigenvalue weighted by atomic mass is 127. The monoisotopic (exact) mass is 486 g/mol. The summed E-state index contributed by atoms with van der Waals surface area (Å²) in [6.45, 7) is 0.990. The van der Waals surface area contributed by atoms with E-state index in [1.807, 2.05) is 6.07 Å². The minimum absolute atomic E-state index is 0. The first-order chi connectivity index (χ1) is 4.43. The van der Waals surface area contributed by atoms with Gasteiger partial charge in [-0.2, -0.15) is 0 Å². The normalized spacial score (nSPS) is 6.54. The number of benzene rings is 1. The Morgan fingerprint density at radius 3 is 1.77 bits per heavy atom. The van der Waals surface area contributed by atoms with E-state index in [2.05, 4.69) is 30.0 Å². The van der Waals surface area contributed by atoms with Gasteiger partial charge < -0.3 is 80.7 Å². The molecule has 3 N–H and O–H groups in total. The van der Waals surface area contributed by atoms with E-state index >= 15 is 0 Å². The minimum atomic E-state index is 0. The van der Waals surface area contributed by atoms with Crippen LogP contribution in [-0.4, -0.2) is 6.54 Å². The quantitative estimate of drug-likeness (QED) is 0.401. The van der Waals surface area contributed by atoms with E-state index in [0.717, 1.165) is 13.0 Å². The Bertz CT molecular complexity index is 172. The lowest BCUT2D eigenvalue weighted by Gasteiger charge is -1.92. The van der Waals surface area contributed by atoms with Crippen molar-refractivity contribution in [3.05, 3.63) is 35.9 Å². The average molecular weight is 489 g/mol. The van der Waals surface area contributed by atoms with Gasteiger partial charge in [-0.3, -0.25) is 0 Å². The van der Waals surface area contributed by atoms with Crippen LogP contribution in [0.1, 0.15) is 5.56 Å². The van der Waals surface area contributed by atoms with Crippen molar-refractivity contribution in [3.63, 3.8) is 0 Å². The molecule has 1 rings (SSSR count). The summed E-state index contributed by atoms with van der Waals surface area (Å²) < 4.78 is 0. The minimum Gasteiger partial charge on any atom is -1.00 e. The molecule has 0 aromatic heterocycles. The van der Waals surface area contributed by atoms with Crippen LogP contribution < -0.4 is 80.7 Å². The molecule has 0 spiro atoms. The highest BCUT2D eigenvalue weighted by molar-refractivity contribution is 5.14. The second kappa shape index (κ2) is 15.8. The molecule has 0 aliphatic rings. The fourth-order valence-corrected chi connectivity index (χ4v) is 0.849. The third-order valence-corrected chi connectivity index (χ3v) is 1.31. The van der Waals surface area contributed by atoms with Gasteiger partial charge in [0.05, 0.1) is 6.54 Å². The van der Waals surface area contributed by atoms with E-state index in [0.29, 0.717) is 0 Å². The average Bonchev–Trinajstić information content (AvgIpc) is 1.91. The van der Waals surface area contributed by atoms with Gasteiger partial charge in [-0.15, -0.1) is 0 Å². The van der Waals surface area contributed by atoms with E-state index in [1.165, 1.54) is 5.56 Å². The van der Waals surface area contributed by atoms with Crippen molar-refractivity contribution in [2.24, 2.45) is 0 Å². The number of hydrogen-bond donors (Lipinski definition) is 1. The molecule has 0 aliphatic heterocycles. The van der Waals surface area contributed by atoms with Gasteiger partial charge in [-0.1, -0.05) is 30.3 Å². The molecular formula is C8H12Br3IN-3. The summed E-state index contributed by atoms with van der Waals surface area (Å²) in [6.07, 6.45) is 1.10. The number of rotatable bonds is 2. The lowest BCUT2D eigenvalue weighted by molar-refractivity contribution is -0.366. The van der Waals surface area contributed by atoms with Crippen LogP contribution >= 0.6 is 0 Å². The number of halogens is 4. The molecule has 1 aromatic carbocycles. The third kappa shape index (κ3) is 11.3. The van der Waals surface area contributed by atoms with E-state index < -0.39 is 0 Å². The summed E-state index contributed by atoms with van der Waals surface area (Å²) in [7, 11) is 0. The van der Waals surface area contributed by atoms with E-state index in [-0.39, 0.29) is 74.9 Å². The van der Waals surface area contributed by atoms with Crippen LogP contribution in [0, 0.1) is 0 Å². The molecule has 1 aromatic rings. The maximum Gasteiger partial charge on any atom is 0.0780 e. The fourth-order valence-electron chi connectivity index (χ4n) is 0.849. The fraction of sp³-hybridized carbons (Fsp3) is 0.250. The lowest BCUT2D eigenvalue weighted by atomic mass is 10.2. The largest absolute Gasteiger partial charge is 1.00 e. The lowest BCUT2D eigenvalue weighted by Crippen LogP contribution is -3.00. The summed E-state index contributed by atoms with van der Waals surface area (Å²) in [5.74, 6) is 0. The Balaban J connectivity index is -0.000000101. The molecular weight excluding hydrogens is 477 g/mol. The van der Waals surface area contributed by atoms with Crippen molar-refractivity contribution < 1.29 is 80.7 Å². The van der Waals surface area contributed by atoms with Gasteiger partial charge in [-0.25, -0.2) is 0 Å². The zero-order valence-corrected chi connectivity index (χ0v) is 13.9. The highest BCUT2D eigenvalue weighted by Crippen LogP contribution is 1.96. The molecule has 5 heteroatoms. The van der Waals surface area contributed by atoms with E-state index in [1.54, 1.807) is 0 Å². The topological polar surface area (TPSA) is 27.6 Å². The molecule has 0 radical (unpaired) electrons. The van der Waals surface area contributed by atoms with Crippen LogP contribution in [-0.2, 0) is 6.42 Å². The second-order valence-corrected chi connectivity index (χ2v) is 2.09. The van der Waals surface area contributed by atoms with Gasteiger partial charge in [-0.05, 0) is 5.56 Å². The molecule has 0 aliphatic carbocycles. The van der Waals surface area contributed by atoms with Gasteiger partial charge in [0, 0.05) is 6.42 Å². The first-order valence-corrected chi connectivity index (χ1v) is 3.26. The summed E-state index contributed by atoms with van der Waals surface area (Å²) in [5.41, 5.74) is 5.16. The van der Waals surface area contributed by atoms with Gasteiger partial charge in [0.2, 0.25) is 0 Å². The maximum absolute atomic E-state index is 3.78. The van der Waals surface area contributed by atoms with Crippen molar-refractivity contribution >= 4 is 0 Å². The Hall–Kier alpha value is 1.35. The first kappa shape index (κ1) is 23.9. The Kier molecular flexibility index (Phi) is 29.0. The SMILES string of the molecule is [Br-].[Br-].[Br-].[I-].[NH3+]CCc1ccccc1. The van der Waals surface area contributed by atoms with Gasteiger partial charge in [0.1, 0.15) is 0 Å². The van der Waals surface area contributed by atoms with Gasteiger partial charge in [0.15, 0.2) is 0 Å². The maximum atomic E-state index is 3.78. The van der Waals surface area contributed by atoms with Crippen LogP contribution in [0.5, 0.6) is 0 Å². The molecule has 0 atom stereocenters.